The summed E-state index contributed by atoms with van der Waals surface area (Å²) >= 11 is 5.75. The van der Waals surface area contributed by atoms with Crippen LogP contribution in [0.1, 0.15) is 26.2 Å². The van der Waals surface area contributed by atoms with E-state index in [4.69, 9.17) is 22.1 Å². The zero-order valence-electron chi connectivity index (χ0n) is 14.0. The minimum Gasteiger partial charge on any atom is -0.486 e. The van der Waals surface area contributed by atoms with Crippen molar-refractivity contribution in [2.75, 3.05) is 19.7 Å². The summed E-state index contributed by atoms with van der Waals surface area (Å²) in [7, 11) is 0. The molecule has 1 saturated heterocycles. The molecule has 1 aliphatic rings. The van der Waals surface area contributed by atoms with Crippen LogP contribution in [0.2, 0.25) is 5.02 Å². The molecular formula is C16H23Cl2N3O4. The maximum atomic E-state index is 12.2. The molecule has 1 amide bonds. The lowest BCUT2D eigenvalue weighted by molar-refractivity contribution is -0.385. The van der Waals surface area contributed by atoms with Crippen molar-refractivity contribution in [2.45, 2.75) is 32.2 Å². The minimum absolute atomic E-state index is 0. The Labute approximate surface area is 158 Å². The molecule has 1 unspecified atom stereocenters. The van der Waals surface area contributed by atoms with E-state index < -0.39 is 4.92 Å². The van der Waals surface area contributed by atoms with Gasteiger partial charge in [0.25, 0.3) is 0 Å². The second-order valence-corrected chi connectivity index (χ2v) is 6.48. The van der Waals surface area contributed by atoms with Gasteiger partial charge in [0.15, 0.2) is 5.75 Å². The number of benzene rings is 1. The Hall–Kier alpha value is -1.57. The van der Waals surface area contributed by atoms with Crippen LogP contribution >= 0.6 is 24.0 Å². The predicted octanol–water partition coefficient (Wildman–Crippen LogP) is 3.02. The summed E-state index contributed by atoms with van der Waals surface area (Å²) in [5.41, 5.74) is 5.69. The lowest BCUT2D eigenvalue weighted by atomic mass is 9.91. The van der Waals surface area contributed by atoms with Gasteiger partial charge in [-0.05, 0) is 37.8 Å². The van der Waals surface area contributed by atoms with E-state index in [0.717, 1.165) is 12.8 Å². The number of carbonyl (C=O) groups excluding carboxylic acids is 1. The van der Waals surface area contributed by atoms with Crippen molar-refractivity contribution < 1.29 is 14.5 Å². The van der Waals surface area contributed by atoms with Gasteiger partial charge < -0.3 is 15.4 Å². The topological polar surface area (TPSA) is 98.7 Å². The molecule has 1 aliphatic heterocycles. The third kappa shape index (κ3) is 6.02. The Kier molecular flexibility index (Phi) is 8.41. The molecule has 25 heavy (non-hydrogen) atoms. The molecule has 0 radical (unpaired) electrons. The summed E-state index contributed by atoms with van der Waals surface area (Å²) in [5.74, 6) is 0.574. The molecule has 0 saturated carbocycles. The van der Waals surface area contributed by atoms with E-state index in [-0.39, 0.29) is 53.8 Å². The Morgan fingerprint density at radius 1 is 1.48 bits per heavy atom. The van der Waals surface area contributed by atoms with Crippen molar-refractivity contribution in [1.29, 1.82) is 0 Å². The number of nitrogens with zero attached hydrogens (tertiary/aromatic N) is 2. The maximum Gasteiger partial charge on any atom is 0.312 e. The van der Waals surface area contributed by atoms with Crippen molar-refractivity contribution in [3.05, 3.63) is 33.3 Å². The molecular weight excluding hydrogens is 369 g/mol. The van der Waals surface area contributed by atoms with Crippen molar-refractivity contribution >= 4 is 35.6 Å². The SMILES string of the molecule is CC(N)C1CCN(C(=O)CCOc2ccc(Cl)cc2[N+](=O)[O-])CC1.Cl. The quantitative estimate of drug-likeness (QED) is 0.593. The Balaban J connectivity index is 0.00000312. The first-order valence-electron chi connectivity index (χ1n) is 7.98. The largest absolute Gasteiger partial charge is 0.486 e. The van der Waals surface area contributed by atoms with Crippen LogP contribution in [0.5, 0.6) is 5.75 Å². The number of halogens is 2. The van der Waals surface area contributed by atoms with E-state index in [1.54, 1.807) is 4.90 Å². The fourth-order valence-corrected chi connectivity index (χ4v) is 3.00. The summed E-state index contributed by atoms with van der Waals surface area (Å²) < 4.78 is 5.41. The summed E-state index contributed by atoms with van der Waals surface area (Å²) in [4.78, 5) is 24.4. The average Bonchev–Trinajstić information content (AvgIpc) is 2.56. The Morgan fingerprint density at radius 2 is 2.12 bits per heavy atom. The molecule has 1 aromatic carbocycles. The summed E-state index contributed by atoms with van der Waals surface area (Å²) in [6, 6.07) is 4.34. The predicted molar refractivity (Wildman–Crippen MR) is 98.4 cm³/mol. The molecule has 1 atom stereocenters. The molecule has 0 aromatic heterocycles. The van der Waals surface area contributed by atoms with Gasteiger partial charge in [-0.3, -0.25) is 14.9 Å². The van der Waals surface area contributed by atoms with Gasteiger partial charge >= 0.3 is 5.69 Å². The van der Waals surface area contributed by atoms with E-state index in [1.165, 1.54) is 18.2 Å². The first-order chi connectivity index (χ1) is 11.4. The monoisotopic (exact) mass is 391 g/mol. The highest BCUT2D eigenvalue weighted by Gasteiger charge is 2.24. The molecule has 1 aromatic rings. The number of nitro benzene ring substituents is 1. The first kappa shape index (κ1) is 21.5. The van der Waals surface area contributed by atoms with Gasteiger partial charge in [-0.2, -0.15) is 0 Å². The van der Waals surface area contributed by atoms with Crippen LogP contribution in [0.3, 0.4) is 0 Å². The maximum absolute atomic E-state index is 12.2. The van der Waals surface area contributed by atoms with Gasteiger partial charge in [0.2, 0.25) is 5.91 Å². The van der Waals surface area contributed by atoms with Gasteiger partial charge in [0, 0.05) is 30.2 Å². The molecule has 140 valence electrons. The number of piperidine rings is 1. The van der Waals surface area contributed by atoms with Gasteiger partial charge in [-0.25, -0.2) is 0 Å². The molecule has 0 bridgehead atoms. The van der Waals surface area contributed by atoms with Crippen LogP contribution in [-0.4, -0.2) is 41.5 Å². The van der Waals surface area contributed by atoms with E-state index in [1.807, 2.05) is 6.92 Å². The van der Waals surface area contributed by atoms with Crippen molar-refractivity contribution in [3.8, 4) is 5.75 Å². The number of hydrogen-bond donors (Lipinski definition) is 1. The van der Waals surface area contributed by atoms with Gasteiger partial charge in [0.1, 0.15) is 0 Å². The Morgan fingerprint density at radius 3 is 2.68 bits per heavy atom. The fourth-order valence-electron chi connectivity index (χ4n) is 2.84. The molecule has 2 rings (SSSR count). The molecule has 1 heterocycles. The zero-order valence-corrected chi connectivity index (χ0v) is 15.6. The normalized spacial score (nSPS) is 16.0. The number of carbonyl (C=O) groups is 1. The molecule has 0 aliphatic carbocycles. The standard InChI is InChI=1S/C16H22ClN3O4.ClH/c1-11(18)12-4-7-19(8-5-12)16(21)6-9-24-15-3-2-13(17)10-14(15)20(22)23;/h2-3,10-12H,4-9,18H2,1H3;1H. The van der Waals surface area contributed by atoms with E-state index >= 15 is 0 Å². The van der Waals surface area contributed by atoms with Crippen LogP contribution in [-0.2, 0) is 4.79 Å². The molecule has 7 nitrogen and oxygen atoms in total. The first-order valence-corrected chi connectivity index (χ1v) is 8.36. The zero-order chi connectivity index (χ0) is 17.7. The summed E-state index contributed by atoms with van der Waals surface area (Å²) in [6.07, 6.45) is 2.00. The molecule has 2 N–H and O–H groups in total. The number of hydrogen-bond acceptors (Lipinski definition) is 5. The van der Waals surface area contributed by atoms with Crippen LogP contribution in [0, 0.1) is 16.0 Å². The van der Waals surface area contributed by atoms with Gasteiger partial charge in [0.05, 0.1) is 18.0 Å². The van der Waals surface area contributed by atoms with Crippen molar-refractivity contribution in [1.82, 2.24) is 4.90 Å². The fraction of sp³-hybridized carbons (Fsp3) is 0.562. The number of nitrogens with two attached hydrogens (primary N) is 1. The number of rotatable bonds is 6. The highest BCUT2D eigenvalue weighted by molar-refractivity contribution is 6.30. The Bertz CT molecular complexity index is 605. The smallest absolute Gasteiger partial charge is 0.312 e. The van der Waals surface area contributed by atoms with E-state index in [0.29, 0.717) is 19.0 Å². The lowest BCUT2D eigenvalue weighted by Gasteiger charge is -2.33. The summed E-state index contributed by atoms with van der Waals surface area (Å²) in [5, 5.41) is 11.3. The molecule has 1 fully saturated rings. The number of likely N-dealkylation sites (tertiary alicyclic amines) is 1. The highest BCUT2D eigenvalue weighted by Crippen LogP contribution is 2.30. The van der Waals surface area contributed by atoms with Crippen molar-refractivity contribution in [2.24, 2.45) is 11.7 Å². The van der Waals surface area contributed by atoms with Crippen LogP contribution in [0.25, 0.3) is 0 Å². The second kappa shape index (κ2) is 9.79. The van der Waals surface area contributed by atoms with Gasteiger partial charge in [-0.15, -0.1) is 12.4 Å². The molecule has 9 heteroatoms. The molecule has 0 spiro atoms. The third-order valence-electron chi connectivity index (χ3n) is 4.33. The third-order valence-corrected chi connectivity index (χ3v) is 4.56. The minimum atomic E-state index is -0.554. The lowest BCUT2D eigenvalue weighted by Crippen LogP contribution is -2.42. The van der Waals surface area contributed by atoms with Crippen molar-refractivity contribution in [3.63, 3.8) is 0 Å². The average molecular weight is 392 g/mol. The number of ether oxygens (including phenoxy) is 1. The van der Waals surface area contributed by atoms with Crippen LogP contribution < -0.4 is 10.5 Å². The van der Waals surface area contributed by atoms with Crippen LogP contribution in [0.4, 0.5) is 5.69 Å². The number of amides is 1. The summed E-state index contributed by atoms with van der Waals surface area (Å²) in [6.45, 7) is 3.49. The highest BCUT2D eigenvalue weighted by atomic mass is 35.5. The van der Waals surface area contributed by atoms with Gasteiger partial charge in [-0.1, -0.05) is 11.6 Å². The van der Waals surface area contributed by atoms with E-state index in [2.05, 4.69) is 0 Å². The van der Waals surface area contributed by atoms with E-state index in [9.17, 15) is 14.9 Å². The second-order valence-electron chi connectivity index (χ2n) is 6.04. The number of nitro groups is 1. The van der Waals surface area contributed by atoms with Crippen LogP contribution in [0.15, 0.2) is 18.2 Å².